The molecule has 9 heteroatoms. The maximum atomic E-state index is 12.1. The van der Waals surface area contributed by atoms with Crippen LogP contribution < -0.4 is 10.1 Å². The van der Waals surface area contributed by atoms with Crippen LogP contribution in [0.5, 0.6) is 5.75 Å². The van der Waals surface area contributed by atoms with Gasteiger partial charge in [0, 0.05) is 27.0 Å². The van der Waals surface area contributed by atoms with Crippen molar-refractivity contribution >= 4 is 38.9 Å². The molecule has 24 heavy (non-hydrogen) atoms. The fraction of sp³-hybridized carbons (Fsp3) is 0.267. The Morgan fingerprint density at radius 2 is 2.00 bits per heavy atom. The molecule has 0 fully saturated rings. The summed E-state index contributed by atoms with van der Waals surface area (Å²) in [5, 5.41) is 4.60. The van der Waals surface area contributed by atoms with Gasteiger partial charge >= 0.3 is 6.36 Å². The quantitative estimate of drug-likeness (QED) is 0.745. The standard InChI is InChI=1S/C15H14BrF3N2O2S/c1-21(7-13-6-10(16)9-24-13)8-14(22)20-11-2-4-12(5-3-11)23-15(17,18)19/h2-6,9H,7-8H2,1H3,(H,20,22). The molecule has 1 amide bonds. The summed E-state index contributed by atoms with van der Waals surface area (Å²) < 4.78 is 41.0. The molecule has 0 aliphatic carbocycles. The second kappa shape index (κ2) is 8.00. The molecular formula is C15H14BrF3N2O2S. The Kier molecular flexibility index (Phi) is 6.25. The Morgan fingerprint density at radius 3 is 2.54 bits per heavy atom. The Balaban J connectivity index is 1.83. The van der Waals surface area contributed by atoms with Gasteiger partial charge in [0.15, 0.2) is 0 Å². The van der Waals surface area contributed by atoms with Gasteiger partial charge in [-0.2, -0.15) is 0 Å². The van der Waals surface area contributed by atoms with Gasteiger partial charge in [-0.3, -0.25) is 9.69 Å². The van der Waals surface area contributed by atoms with Crippen LogP contribution in [0.15, 0.2) is 40.2 Å². The number of benzene rings is 1. The summed E-state index contributed by atoms with van der Waals surface area (Å²) in [6.45, 7) is 0.790. The van der Waals surface area contributed by atoms with E-state index in [4.69, 9.17) is 0 Å². The van der Waals surface area contributed by atoms with Crippen LogP contribution in [0.25, 0.3) is 0 Å². The Labute approximate surface area is 149 Å². The van der Waals surface area contributed by atoms with Gasteiger partial charge in [-0.25, -0.2) is 0 Å². The number of hydrogen-bond acceptors (Lipinski definition) is 4. The smallest absolute Gasteiger partial charge is 0.406 e. The number of nitrogens with zero attached hydrogens (tertiary/aromatic N) is 1. The minimum atomic E-state index is -4.73. The Bertz CT molecular complexity index is 689. The zero-order valence-electron chi connectivity index (χ0n) is 12.6. The number of carbonyl (C=O) groups is 1. The highest BCUT2D eigenvalue weighted by atomic mass is 79.9. The molecule has 0 saturated carbocycles. The van der Waals surface area contributed by atoms with Gasteiger partial charge in [-0.05, 0) is 53.3 Å². The lowest BCUT2D eigenvalue weighted by atomic mass is 10.3. The van der Waals surface area contributed by atoms with Gasteiger partial charge in [0.1, 0.15) is 5.75 Å². The average Bonchev–Trinajstić information content (AvgIpc) is 2.84. The first-order valence-electron chi connectivity index (χ1n) is 6.78. The van der Waals surface area contributed by atoms with Crippen molar-refractivity contribution in [3.8, 4) is 5.75 Å². The van der Waals surface area contributed by atoms with Crippen molar-refractivity contribution in [2.24, 2.45) is 0 Å². The summed E-state index contributed by atoms with van der Waals surface area (Å²) in [4.78, 5) is 14.9. The first-order chi connectivity index (χ1) is 11.2. The van der Waals surface area contributed by atoms with Crippen molar-refractivity contribution < 1.29 is 22.7 Å². The van der Waals surface area contributed by atoms with Gasteiger partial charge < -0.3 is 10.1 Å². The Morgan fingerprint density at radius 1 is 1.33 bits per heavy atom. The van der Waals surface area contributed by atoms with E-state index in [0.717, 1.165) is 21.5 Å². The van der Waals surface area contributed by atoms with E-state index in [1.54, 1.807) is 11.3 Å². The number of amides is 1. The predicted molar refractivity (Wildman–Crippen MR) is 90.1 cm³/mol. The molecule has 0 unspecified atom stereocenters. The number of likely N-dealkylation sites (N-methyl/N-ethyl adjacent to an activating group) is 1. The highest BCUT2D eigenvalue weighted by Crippen LogP contribution is 2.24. The van der Waals surface area contributed by atoms with Crippen molar-refractivity contribution in [1.82, 2.24) is 4.90 Å². The van der Waals surface area contributed by atoms with E-state index in [2.05, 4.69) is 26.0 Å². The molecule has 0 aliphatic rings. The Hall–Kier alpha value is -1.58. The molecule has 0 bridgehead atoms. The molecule has 0 aliphatic heterocycles. The summed E-state index contributed by atoms with van der Waals surface area (Å²) in [5.74, 6) is -0.585. The van der Waals surface area contributed by atoms with E-state index in [1.807, 2.05) is 23.4 Å². The van der Waals surface area contributed by atoms with E-state index in [0.29, 0.717) is 12.2 Å². The SMILES string of the molecule is CN(CC(=O)Nc1ccc(OC(F)(F)F)cc1)Cc1cc(Br)cs1. The van der Waals surface area contributed by atoms with Crippen molar-refractivity contribution in [3.63, 3.8) is 0 Å². The normalized spacial score (nSPS) is 11.6. The van der Waals surface area contributed by atoms with Gasteiger partial charge in [-0.15, -0.1) is 24.5 Å². The van der Waals surface area contributed by atoms with Crippen LogP contribution in [0, 0.1) is 0 Å². The van der Waals surface area contributed by atoms with Crippen molar-refractivity contribution in [1.29, 1.82) is 0 Å². The number of halogens is 4. The molecule has 2 aromatic rings. The fourth-order valence-corrected chi connectivity index (χ4v) is 3.47. The highest BCUT2D eigenvalue weighted by molar-refractivity contribution is 9.10. The van der Waals surface area contributed by atoms with Crippen molar-refractivity contribution in [2.75, 3.05) is 18.9 Å². The van der Waals surface area contributed by atoms with E-state index in [9.17, 15) is 18.0 Å². The number of carbonyl (C=O) groups excluding carboxylic acids is 1. The number of ether oxygens (including phenoxy) is 1. The summed E-state index contributed by atoms with van der Waals surface area (Å²) in [6, 6.07) is 7.00. The van der Waals surface area contributed by atoms with Crippen LogP contribution in [-0.4, -0.2) is 30.8 Å². The minimum absolute atomic E-state index is 0.163. The van der Waals surface area contributed by atoms with Gasteiger partial charge in [0.25, 0.3) is 0 Å². The minimum Gasteiger partial charge on any atom is -0.406 e. The van der Waals surface area contributed by atoms with Crippen LogP contribution >= 0.6 is 27.3 Å². The average molecular weight is 423 g/mol. The molecule has 130 valence electrons. The number of anilines is 1. The lowest BCUT2D eigenvalue weighted by Gasteiger charge is -2.15. The second-order valence-corrected chi connectivity index (χ2v) is 6.94. The maximum Gasteiger partial charge on any atom is 0.573 e. The van der Waals surface area contributed by atoms with E-state index >= 15 is 0 Å². The molecule has 4 nitrogen and oxygen atoms in total. The highest BCUT2D eigenvalue weighted by Gasteiger charge is 2.30. The summed E-state index contributed by atoms with van der Waals surface area (Å²) in [6.07, 6.45) is -4.73. The monoisotopic (exact) mass is 422 g/mol. The van der Waals surface area contributed by atoms with Crippen LogP contribution in [0.2, 0.25) is 0 Å². The zero-order valence-corrected chi connectivity index (χ0v) is 15.0. The van der Waals surface area contributed by atoms with Crippen LogP contribution in [-0.2, 0) is 11.3 Å². The first kappa shape index (κ1) is 18.8. The molecule has 1 N–H and O–H groups in total. The van der Waals surface area contributed by atoms with Crippen molar-refractivity contribution in [2.45, 2.75) is 12.9 Å². The van der Waals surface area contributed by atoms with E-state index < -0.39 is 6.36 Å². The molecule has 0 atom stereocenters. The molecular weight excluding hydrogens is 409 g/mol. The largest absolute Gasteiger partial charge is 0.573 e. The van der Waals surface area contributed by atoms with Crippen LogP contribution in [0.3, 0.4) is 0 Å². The molecule has 1 aromatic carbocycles. The lowest BCUT2D eigenvalue weighted by Crippen LogP contribution is -2.29. The molecule has 1 aromatic heterocycles. The maximum absolute atomic E-state index is 12.1. The molecule has 2 rings (SSSR count). The molecule has 0 saturated heterocycles. The number of thiophene rings is 1. The fourth-order valence-electron chi connectivity index (χ4n) is 1.94. The zero-order chi connectivity index (χ0) is 17.7. The van der Waals surface area contributed by atoms with Crippen LogP contribution in [0.4, 0.5) is 18.9 Å². The number of rotatable bonds is 6. The van der Waals surface area contributed by atoms with Crippen LogP contribution in [0.1, 0.15) is 4.88 Å². The molecule has 0 radical (unpaired) electrons. The number of hydrogen-bond donors (Lipinski definition) is 1. The van der Waals surface area contributed by atoms with Gasteiger partial charge in [0.2, 0.25) is 5.91 Å². The predicted octanol–water partition coefficient (Wildman–Crippen LogP) is 4.48. The topological polar surface area (TPSA) is 41.6 Å². The molecule has 1 heterocycles. The number of nitrogens with one attached hydrogen (secondary N) is 1. The summed E-state index contributed by atoms with van der Waals surface area (Å²) in [5.41, 5.74) is 0.404. The third-order valence-corrected chi connectivity index (χ3v) is 4.52. The summed E-state index contributed by atoms with van der Waals surface area (Å²) >= 11 is 4.96. The van der Waals surface area contributed by atoms with Gasteiger partial charge in [-0.1, -0.05) is 0 Å². The third kappa shape index (κ3) is 6.50. The number of alkyl halides is 3. The lowest BCUT2D eigenvalue weighted by molar-refractivity contribution is -0.274. The van der Waals surface area contributed by atoms with Crippen molar-refractivity contribution in [3.05, 3.63) is 45.1 Å². The van der Waals surface area contributed by atoms with E-state index in [-0.39, 0.29) is 18.2 Å². The second-order valence-electron chi connectivity index (χ2n) is 5.02. The van der Waals surface area contributed by atoms with Gasteiger partial charge in [0.05, 0.1) is 6.54 Å². The third-order valence-electron chi connectivity index (χ3n) is 2.83. The van der Waals surface area contributed by atoms with E-state index in [1.165, 1.54) is 12.1 Å². The molecule has 0 spiro atoms. The first-order valence-corrected chi connectivity index (χ1v) is 8.45. The summed E-state index contributed by atoms with van der Waals surface area (Å²) in [7, 11) is 1.81.